The molecule has 0 amide bonds. The van der Waals surface area contributed by atoms with Gasteiger partial charge in [0.1, 0.15) is 0 Å². The lowest BCUT2D eigenvalue weighted by Crippen LogP contribution is -2.27. The van der Waals surface area contributed by atoms with E-state index in [2.05, 4.69) is 54.9 Å². The van der Waals surface area contributed by atoms with Gasteiger partial charge in [0.05, 0.1) is 6.54 Å². The minimum absolute atomic E-state index is 0.613. The summed E-state index contributed by atoms with van der Waals surface area (Å²) in [6.45, 7) is 9.62. The van der Waals surface area contributed by atoms with Crippen molar-refractivity contribution in [1.82, 2.24) is 4.90 Å². The normalized spacial score (nSPS) is 18.8. The van der Waals surface area contributed by atoms with E-state index in [1.165, 1.54) is 16.3 Å². The van der Waals surface area contributed by atoms with Crippen molar-refractivity contribution in [3.8, 4) is 0 Å². The second-order valence-electron chi connectivity index (χ2n) is 4.73. The van der Waals surface area contributed by atoms with E-state index in [0.717, 1.165) is 26.1 Å². The number of hydrogen-bond acceptors (Lipinski definition) is 3. The molecule has 1 aliphatic rings. The molecule has 0 saturated carbocycles. The molecule has 2 rings (SSSR count). The molecule has 18 heavy (non-hydrogen) atoms. The van der Waals surface area contributed by atoms with E-state index >= 15 is 0 Å². The molecule has 0 aliphatic carbocycles. The van der Waals surface area contributed by atoms with E-state index in [0.29, 0.717) is 5.25 Å². The molecule has 1 heterocycles. The first-order valence-electron chi connectivity index (χ1n) is 6.74. The Hall–Kier alpha value is -0.960. The molecule has 0 saturated heterocycles. The van der Waals surface area contributed by atoms with Gasteiger partial charge in [0, 0.05) is 18.3 Å². The fraction of sp³-hybridized carbons (Fsp3) is 0.533. The zero-order valence-electron chi connectivity index (χ0n) is 11.5. The molecule has 3 heteroatoms. The van der Waals surface area contributed by atoms with Crippen LogP contribution < -0.4 is 0 Å². The maximum Gasteiger partial charge on any atom is 0.159 e. The summed E-state index contributed by atoms with van der Waals surface area (Å²) in [6.07, 6.45) is 1.13. The van der Waals surface area contributed by atoms with Gasteiger partial charge in [0.2, 0.25) is 0 Å². The molecule has 0 aromatic heterocycles. The van der Waals surface area contributed by atoms with Crippen molar-refractivity contribution >= 4 is 16.9 Å². The van der Waals surface area contributed by atoms with Gasteiger partial charge < -0.3 is 4.90 Å². The zero-order chi connectivity index (χ0) is 13.0. The number of thioether (sulfide) groups is 1. The van der Waals surface area contributed by atoms with Gasteiger partial charge in [-0.3, -0.25) is 4.99 Å². The lowest BCUT2D eigenvalue weighted by atomic mass is 10.1. The number of amidine groups is 1. The lowest BCUT2D eigenvalue weighted by molar-refractivity contribution is 0.474. The van der Waals surface area contributed by atoms with E-state index in [1.54, 1.807) is 0 Å². The van der Waals surface area contributed by atoms with Crippen molar-refractivity contribution in [2.45, 2.75) is 32.4 Å². The van der Waals surface area contributed by atoms with Crippen LogP contribution in [-0.2, 0) is 6.42 Å². The molecule has 0 fully saturated rings. The van der Waals surface area contributed by atoms with Gasteiger partial charge in [-0.05, 0) is 32.8 Å². The Morgan fingerprint density at radius 3 is 2.78 bits per heavy atom. The molecule has 0 bridgehead atoms. The highest BCUT2D eigenvalue weighted by atomic mass is 32.2. The highest BCUT2D eigenvalue weighted by Gasteiger charge is 2.22. The minimum Gasteiger partial charge on any atom is -0.352 e. The smallest absolute Gasteiger partial charge is 0.159 e. The van der Waals surface area contributed by atoms with Crippen LogP contribution in [0.2, 0.25) is 0 Å². The van der Waals surface area contributed by atoms with Crippen molar-refractivity contribution in [3.63, 3.8) is 0 Å². The van der Waals surface area contributed by atoms with E-state index in [4.69, 9.17) is 0 Å². The summed E-state index contributed by atoms with van der Waals surface area (Å²) in [6, 6.07) is 8.82. The molecule has 1 aliphatic heterocycles. The summed E-state index contributed by atoms with van der Waals surface area (Å²) in [5.41, 5.74) is 2.78. The Kier molecular flexibility index (Phi) is 4.70. The van der Waals surface area contributed by atoms with Gasteiger partial charge >= 0.3 is 0 Å². The predicted molar refractivity (Wildman–Crippen MR) is 81.5 cm³/mol. The molecule has 0 unspecified atom stereocenters. The Bertz CT molecular complexity index is 424. The summed E-state index contributed by atoms with van der Waals surface area (Å²) in [5, 5.41) is 1.85. The van der Waals surface area contributed by atoms with E-state index in [-0.39, 0.29) is 0 Å². The number of aliphatic imine (C=N–C) groups is 1. The van der Waals surface area contributed by atoms with Crippen molar-refractivity contribution < 1.29 is 0 Å². The van der Waals surface area contributed by atoms with Crippen LogP contribution in [0.3, 0.4) is 0 Å². The van der Waals surface area contributed by atoms with Gasteiger partial charge in [-0.15, -0.1) is 0 Å². The predicted octanol–water partition coefficient (Wildman–Crippen LogP) is 3.35. The topological polar surface area (TPSA) is 15.6 Å². The largest absolute Gasteiger partial charge is 0.352 e. The average Bonchev–Trinajstić information content (AvgIpc) is 2.79. The van der Waals surface area contributed by atoms with Crippen LogP contribution in [-0.4, -0.2) is 35.0 Å². The highest BCUT2D eigenvalue weighted by molar-refractivity contribution is 8.14. The van der Waals surface area contributed by atoms with Crippen LogP contribution in [0.25, 0.3) is 0 Å². The molecule has 2 nitrogen and oxygen atoms in total. The fourth-order valence-electron chi connectivity index (χ4n) is 2.28. The first kappa shape index (κ1) is 13.5. The van der Waals surface area contributed by atoms with Gasteiger partial charge in [-0.25, -0.2) is 0 Å². The molecule has 0 spiro atoms. The first-order chi connectivity index (χ1) is 8.72. The quantitative estimate of drug-likeness (QED) is 0.827. The zero-order valence-corrected chi connectivity index (χ0v) is 12.3. The third-order valence-electron chi connectivity index (χ3n) is 3.28. The second kappa shape index (κ2) is 6.28. The SMILES string of the molecule is CCN(CC)C1=NC[C@H](Cc2cccc(C)c2)S1. The molecule has 1 atom stereocenters. The standard InChI is InChI=1S/C15H22N2S/c1-4-17(5-2)15-16-11-14(18-15)10-13-8-6-7-12(3)9-13/h6-9,14H,4-5,10-11H2,1-3H3/t14-/m0/s1. The third-order valence-corrected chi connectivity index (χ3v) is 4.53. The van der Waals surface area contributed by atoms with Crippen LogP contribution in [0.5, 0.6) is 0 Å². The molecular weight excluding hydrogens is 240 g/mol. The average molecular weight is 262 g/mol. The lowest BCUT2D eigenvalue weighted by Gasteiger charge is -2.20. The fourth-order valence-corrected chi connectivity index (χ4v) is 3.56. The van der Waals surface area contributed by atoms with Crippen molar-refractivity contribution in [2.24, 2.45) is 4.99 Å². The Morgan fingerprint density at radius 2 is 2.11 bits per heavy atom. The van der Waals surface area contributed by atoms with Crippen LogP contribution >= 0.6 is 11.8 Å². The number of hydrogen-bond donors (Lipinski definition) is 0. The number of aryl methyl sites for hydroxylation is 1. The van der Waals surface area contributed by atoms with E-state index in [9.17, 15) is 0 Å². The molecular formula is C15H22N2S. The first-order valence-corrected chi connectivity index (χ1v) is 7.62. The second-order valence-corrected chi connectivity index (χ2v) is 6.00. The Balaban J connectivity index is 1.92. The maximum atomic E-state index is 4.68. The monoisotopic (exact) mass is 262 g/mol. The minimum atomic E-state index is 0.613. The highest BCUT2D eigenvalue weighted by Crippen LogP contribution is 2.26. The van der Waals surface area contributed by atoms with E-state index < -0.39 is 0 Å². The summed E-state index contributed by atoms with van der Waals surface area (Å²) >= 11 is 1.94. The molecule has 1 aromatic carbocycles. The van der Waals surface area contributed by atoms with Crippen LogP contribution in [0.1, 0.15) is 25.0 Å². The molecule has 0 N–H and O–H groups in total. The maximum absolute atomic E-state index is 4.68. The summed E-state index contributed by atoms with van der Waals surface area (Å²) < 4.78 is 0. The Morgan fingerprint density at radius 1 is 1.33 bits per heavy atom. The molecule has 0 radical (unpaired) electrons. The van der Waals surface area contributed by atoms with Gasteiger partial charge in [-0.1, -0.05) is 41.6 Å². The van der Waals surface area contributed by atoms with E-state index in [1.807, 2.05) is 11.8 Å². The number of benzene rings is 1. The molecule has 1 aromatic rings. The van der Waals surface area contributed by atoms with Gasteiger partial charge in [0.25, 0.3) is 0 Å². The van der Waals surface area contributed by atoms with Crippen LogP contribution in [0, 0.1) is 6.92 Å². The van der Waals surface area contributed by atoms with Crippen molar-refractivity contribution in [3.05, 3.63) is 35.4 Å². The Labute approximate surface area is 114 Å². The summed E-state index contributed by atoms with van der Waals surface area (Å²) in [4.78, 5) is 7.03. The van der Waals surface area contributed by atoms with Crippen LogP contribution in [0.15, 0.2) is 29.3 Å². The van der Waals surface area contributed by atoms with Crippen molar-refractivity contribution in [2.75, 3.05) is 19.6 Å². The van der Waals surface area contributed by atoms with Crippen LogP contribution in [0.4, 0.5) is 0 Å². The van der Waals surface area contributed by atoms with Gasteiger partial charge in [-0.2, -0.15) is 0 Å². The molecule has 98 valence electrons. The van der Waals surface area contributed by atoms with Crippen molar-refractivity contribution in [1.29, 1.82) is 0 Å². The number of rotatable bonds is 4. The summed E-state index contributed by atoms with van der Waals surface area (Å²) in [5.74, 6) is 0. The number of nitrogens with zero attached hydrogens (tertiary/aromatic N) is 2. The third kappa shape index (κ3) is 3.29. The summed E-state index contributed by atoms with van der Waals surface area (Å²) in [7, 11) is 0. The van der Waals surface area contributed by atoms with Gasteiger partial charge in [0.15, 0.2) is 5.17 Å².